The van der Waals surface area contributed by atoms with Crippen molar-refractivity contribution in [1.29, 1.82) is 0 Å². The highest BCUT2D eigenvalue weighted by Crippen LogP contribution is 2.24. The average molecular weight is 365 g/mol. The van der Waals surface area contributed by atoms with Gasteiger partial charge in [-0.25, -0.2) is 4.21 Å². The Hall–Kier alpha value is -2.43. The fourth-order valence-electron chi connectivity index (χ4n) is 2.89. The van der Waals surface area contributed by atoms with E-state index in [1.54, 1.807) is 0 Å². The lowest BCUT2D eigenvalue weighted by atomic mass is 9.97. The molecule has 0 radical (unpaired) electrons. The third kappa shape index (κ3) is 4.40. The largest absolute Gasteiger partial charge is 0.396 e. The maximum atomic E-state index is 12.6. The Kier molecular flexibility index (Phi) is 6.21. The van der Waals surface area contributed by atoms with Gasteiger partial charge in [0.15, 0.2) is 0 Å². The first kappa shape index (κ1) is 18.4. The Labute approximate surface area is 157 Å². The Morgan fingerprint density at radius 2 is 1.62 bits per heavy atom. The van der Waals surface area contributed by atoms with E-state index < -0.39 is 11.0 Å². The van der Waals surface area contributed by atoms with E-state index in [1.165, 1.54) is 0 Å². The minimum absolute atomic E-state index is 0.107. The van der Waals surface area contributed by atoms with Crippen LogP contribution in [0.15, 0.2) is 83.8 Å². The van der Waals surface area contributed by atoms with Gasteiger partial charge in [-0.2, -0.15) is 0 Å². The van der Waals surface area contributed by atoms with Crippen molar-refractivity contribution in [2.75, 3.05) is 11.3 Å². The summed E-state index contributed by atoms with van der Waals surface area (Å²) in [6, 6.07) is 25.6. The highest BCUT2D eigenvalue weighted by Gasteiger charge is 2.10. The molecule has 134 valence electrons. The second-order valence-corrected chi connectivity index (χ2v) is 7.39. The van der Waals surface area contributed by atoms with Crippen LogP contribution in [0.5, 0.6) is 0 Å². The van der Waals surface area contributed by atoms with E-state index >= 15 is 0 Å². The molecule has 3 aromatic rings. The number of nitrogens with one attached hydrogen (secondary N) is 1. The van der Waals surface area contributed by atoms with Crippen molar-refractivity contribution in [2.45, 2.75) is 24.2 Å². The van der Waals surface area contributed by atoms with E-state index in [0.29, 0.717) is 0 Å². The molecule has 2 N–H and O–H groups in total. The normalized spacial score (nSPS) is 13.2. The predicted octanol–water partition coefficient (Wildman–Crippen LogP) is 4.97. The van der Waals surface area contributed by atoms with E-state index in [2.05, 4.69) is 16.9 Å². The molecule has 0 bridgehead atoms. The quantitative estimate of drug-likeness (QED) is 0.621. The zero-order valence-electron chi connectivity index (χ0n) is 14.8. The minimum atomic E-state index is -1.34. The molecule has 0 heterocycles. The summed E-state index contributed by atoms with van der Waals surface area (Å²) in [5.74, 6) is 0.107. The SMILES string of the molecule is CCC(CO)c1cccc(NS(=O)c2ccc(-c3ccccc3)cc2)c1. The van der Waals surface area contributed by atoms with Crippen LogP contribution in [0, 0.1) is 0 Å². The molecule has 2 atom stereocenters. The molecule has 0 amide bonds. The summed E-state index contributed by atoms with van der Waals surface area (Å²) in [7, 11) is -1.34. The van der Waals surface area contributed by atoms with Crippen LogP contribution in [0.1, 0.15) is 24.8 Å². The lowest BCUT2D eigenvalue weighted by Crippen LogP contribution is -2.07. The topological polar surface area (TPSA) is 49.3 Å². The summed E-state index contributed by atoms with van der Waals surface area (Å²) in [6.45, 7) is 2.16. The van der Waals surface area contributed by atoms with E-state index in [-0.39, 0.29) is 12.5 Å². The van der Waals surface area contributed by atoms with Crippen LogP contribution in [-0.2, 0) is 11.0 Å². The van der Waals surface area contributed by atoms with Crippen molar-refractivity contribution in [1.82, 2.24) is 0 Å². The molecule has 26 heavy (non-hydrogen) atoms. The zero-order chi connectivity index (χ0) is 18.4. The third-order valence-corrected chi connectivity index (χ3v) is 5.58. The first-order chi connectivity index (χ1) is 12.7. The molecule has 0 saturated carbocycles. The van der Waals surface area contributed by atoms with Crippen molar-refractivity contribution in [3.8, 4) is 11.1 Å². The van der Waals surface area contributed by atoms with Crippen molar-refractivity contribution < 1.29 is 9.32 Å². The van der Waals surface area contributed by atoms with Crippen LogP contribution in [0.25, 0.3) is 11.1 Å². The van der Waals surface area contributed by atoms with Gasteiger partial charge in [-0.1, -0.05) is 61.5 Å². The summed E-state index contributed by atoms with van der Waals surface area (Å²) in [5.41, 5.74) is 4.08. The van der Waals surface area contributed by atoms with Crippen LogP contribution >= 0.6 is 0 Å². The van der Waals surface area contributed by atoms with Gasteiger partial charge in [-0.05, 0) is 47.4 Å². The molecule has 0 aliphatic rings. The predicted molar refractivity (Wildman–Crippen MR) is 108 cm³/mol. The Bertz CT molecular complexity index is 859. The molecular formula is C22H23NO2S. The summed E-state index contributed by atoms with van der Waals surface area (Å²) in [6.07, 6.45) is 0.865. The number of rotatable bonds is 7. The monoisotopic (exact) mass is 365 g/mol. The molecule has 3 rings (SSSR count). The van der Waals surface area contributed by atoms with Gasteiger partial charge in [-0.15, -0.1) is 0 Å². The number of benzene rings is 3. The molecule has 3 nitrogen and oxygen atoms in total. The number of hydrogen-bond donors (Lipinski definition) is 2. The van der Waals surface area contributed by atoms with Crippen molar-refractivity contribution in [3.63, 3.8) is 0 Å². The van der Waals surface area contributed by atoms with Gasteiger partial charge < -0.3 is 9.83 Å². The van der Waals surface area contributed by atoms with Gasteiger partial charge in [0.2, 0.25) is 0 Å². The van der Waals surface area contributed by atoms with Gasteiger partial charge >= 0.3 is 0 Å². The van der Waals surface area contributed by atoms with E-state index in [0.717, 1.165) is 33.7 Å². The van der Waals surface area contributed by atoms with Gasteiger partial charge in [0, 0.05) is 18.2 Å². The van der Waals surface area contributed by atoms with Crippen LogP contribution in [0.2, 0.25) is 0 Å². The van der Waals surface area contributed by atoms with Gasteiger partial charge in [0.05, 0.1) is 4.90 Å². The molecule has 2 unspecified atom stereocenters. The maximum absolute atomic E-state index is 12.6. The molecule has 0 aromatic heterocycles. The molecule has 4 heteroatoms. The molecule has 0 aliphatic heterocycles. The molecular weight excluding hydrogens is 342 g/mol. The average Bonchev–Trinajstić information content (AvgIpc) is 2.70. The van der Waals surface area contributed by atoms with Gasteiger partial charge in [0.25, 0.3) is 0 Å². The number of aliphatic hydroxyl groups excluding tert-OH is 1. The zero-order valence-corrected chi connectivity index (χ0v) is 15.6. The Morgan fingerprint density at radius 3 is 2.27 bits per heavy atom. The Morgan fingerprint density at radius 1 is 0.923 bits per heavy atom. The van der Waals surface area contributed by atoms with Crippen LogP contribution in [-0.4, -0.2) is 15.9 Å². The molecule has 0 aliphatic carbocycles. The van der Waals surface area contributed by atoms with Crippen molar-refractivity contribution >= 4 is 16.7 Å². The second kappa shape index (κ2) is 8.79. The number of aliphatic hydroxyl groups is 1. The van der Waals surface area contributed by atoms with Gasteiger partial charge in [0.1, 0.15) is 11.0 Å². The summed E-state index contributed by atoms with van der Waals surface area (Å²) < 4.78 is 15.7. The lowest BCUT2D eigenvalue weighted by molar-refractivity contribution is 0.262. The van der Waals surface area contributed by atoms with Crippen LogP contribution < -0.4 is 4.72 Å². The minimum Gasteiger partial charge on any atom is -0.396 e. The molecule has 3 aromatic carbocycles. The first-order valence-corrected chi connectivity index (χ1v) is 9.91. The van der Waals surface area contributed by atoms with Crippen molar-refractivity contribution in [3.05, 3.63) is 84.4 Å². The summed E-state index contributed by atoms with van der Waals surface area (Å²) >= 11 is 0. The highest BCUT2D eigenvalue weighted by atomic mass is 32.2. The number of hydrogen-bond acceptors (Lipinski definition) is 2. The first-order valence-electron chi connectivity index (χ1n) is 8.76. The van der Waals surface area contributed by atoms with Crippen LogP contribution in [0.4, 0.5) is 5.69 Å². The third-order valence-electron chi connectivity index (χ3n) is 4.46. The summed E-state index contributed by atoms with van der Waals surface area (Å²) in [4.78, 5) is 0.726. The summed E-state index contributed by atoms with van der Waals surface area (Å²) in [5, 5.41) is 9.47. The molecule has 0 spiro atoms. The van der Waals surface area contributed by atoms with Crippen LogP contribution in [0.3, 0.4) is 0 Å². The lowest BCUT2D eigenvalue weighted by Gasteiger charge is -2.14. The fourth-order valence-corrected chi connectivity index (χ4v) is 3.74. The standard InChI is InChI=1S/C22H23NO2S/c1-2-17(16-24)20-9-6-10-21(15-20)23-26(25)22-13-11-19(12-14-22)18-7-4-3-5-8-18/h3-15,17,23-24H,2,16H2,1H3. The highest BCUT2D eigenvalue weighted by molar-refractivity contribution is 7.86. The fraction of sp³-hybridized carbons (Fsp3) is 0.182. The molecule has 0 fully saturated rings. The smallest absolute Gasteiger partial charge is 0.150 e. The van der Waals surface area contributed by atoms with Gasteiger partial charge in [-0.3, -0.25) is 0 Å². The van der Waals surface area contributed by atoms with E-state index in [4.69, 9.17) is 0 Å². The molecule has 0 saturated heterocycles. The number of anilines is 1. The maximum Gasteiger partial charge on any atom is 0.150 e. The van der Waals surface area contributed by atoms with E-state index in [1.807, 2.05) is 73.7 Å². The Balaban J connectivity index is 1.73. The van der Waals surface area contributed by atoms with E-state index in [9.17, 15) is 9.32 Å². The van der Waals surface area contributed by atoms with Crippen molar-refractivity contribution in [2.24, 2.45) is 0 Å². The second-order valence-electron chi connectivity index (χ2n) is 6.17.